The fourth-order valence-electron chi connectivity index (χ4n) is 2.46. The van der Waals surface area contributed by atoms with Crippen molar-refractivity contribution >= 4 is 15.9 Å². The molecule has 1 aromatic carbocycles. The first-order chi connectivity index (χ1) is 10.2. The molecule has 0 saturated carbocycles. The number of hydrogen-bond donors (Lipinski definition) is 1. The van der Waals surface area contributed by atoms with Crippen LogP contribution in [0.2, 0.25) is 0 Å². The number of methoxy groups -OCH3 is 1. The monoisotopic (exact) mass is 351 g/mol. The predicted molar refractivity (Wildman–Crippen MR) is 88.7 cm³/mol. The average molecular weight is 352 g/mol. The Morgan fingerprint density at radius 1 is 1.33 bits per heavy atom. The molecule has 21 heavy (non-hydrogen) atoms. The van der Waals surface area contributed by atoms with Crippen LogP contribution in [0.4, 0.5) is 0 Å². The molecule has 1 N–H and O–H groups in total. The van der Waals surface area contributed by atoms with Crippen LogP contribution in [-0.2, 0) is 6.54 Å². The average Bonchev–Trinajstić information content (AvgIpc) is 2.89. The van der Waals surface area contributed by atoms with Crippen molar-refractivity contribution in [3.63, 3.8) is 0 Å². The SMILES string of the molecule is CCCNC(c1ccccc1OC)c1c(Br)cnn1CC. The van der Waals surface area contributed by atoms with Crippen molar-refractivity contribution in [2.75, 3.05) is 13.7 Å². The van der Waals surface area contributed by atoms with E-state index >= 15 is 0 Å². The van der Waals surface area contributed by atoms with Gasteiger partial charge in [-0.25, -0.2) is 0 Å². The van der Waals surface area contributed by atoms with Gasteiger partial charge >= 0.3 is 0 Å². The van der Waals surface area contributed by atoms with E-state index in [4.69, 9.17) is 4.74 Å². The van der Waals surface area contributed by atoms with E-state index in [0.29, 0.717) is 0 Å². The van der Waals surface area contributed by atoms with E-state index in [-0.39, 0.29) is 6.04 Å². The van der Waals surface area contributed by atoms with Crippen molar-refractivity contribution in [2.24, 2.45) is 0 Å². The summed E-state index contributed by atoms with van der Waals surface area (Å²) in [6, 6.07) is 8.19. The lowest BCUT2D eigenvalue weighted by Gasteiger charge is -2.22. The van der Waals surface area contributed by atoms with Crippen LogP contribution < -0.4 is 10.1 Å². The zero-order chi connectivity index (χ0) is 15.2. The standard InChI is InChI=1S/C16H22BrN3O/c1-4-10-18-15(12-8-6-7-9-14(12)21-3)16-13(17)11-19-20(16)5-2/h6-9,11,15,18H,4-5,10H2,1-3H3. The first-order valence-corrected chi connectivity index (χ1v) is 8.09. The van der Waals surface area contributed by atoms with E-state index in [1.165, 1.54) is 0 Å². The molecule has 0 amide bonds. The summed E-state index contributed by atoms with van der Waals surface area (Å²) in [5.74, 6) is 0.891. The Labute approximate surface area is 134 Å². The number of benzene rings is 1. The third-order valence-corrected chi connectivity index (χ3v) is 4.07. The lowest BCUT2D eigenvalue weighted by molar-refractivity contribution is 0.401. The van der Waals surface area contributed by atoms with Gasteiger partial charge in [-0.2, -0.15) is 5.10 Å². The molecule has 0 spiro atoms. The largest absolute Gasteiger partial charge is 0.496 e. The van der Waals surface area contributed by atoms with E-state index in [2.05, 4.69) is 46.3 Å². The topological polar surface area (TPSA) is 39.1 Å². The first kappa shape index (κ1) is 16.0. The smallest absolute Gasteiger partial charge is 0.124 e. The molecule has 0 aliphatic carbocycles. The van der Waals surface area contributed by atoms with Gasteiger partial charge in [0.1, 0.15) is 5.75 Å². The number of aromatic nitrogens is 2. The Kier molecular flexibility index (Phi) is 5.82. The lowest BCUT2D eigenvalue weighted by atomic mass is 10.0. The minimum absolute atomic E-state index is 0.0536. The zero-order valence-electron chi connectivity index (χ0n) is 12.8. The molecule has 0 aliphatic heterocycles. The molecule has 114 valence electrons. The number of hydrogen-bond acceptors (Lipinski definition) is 3. The number of rotatable bonds is 7. The summed E-state index contributed by atoms with van der Waals surface area (Å²) in [4.78, 5) is 0. The van der Waals surface area contributed by atoms with Crippen LogP contribution in [0.15, 0.2) is 34.9 Å². The quantitative estimate of drug-likeness (QED) is 0.825. The van der Waals surface area contributed by atoms with Gasteiger partial charge in [-0.3, -0.25) is 4.68 Å². The number of halogens is 1. The molecule has 0 bridgehead atoms. The van der Waals surface area contributed by atoms with Crippen LogP contribution in [0.5, 0.6) is 5.75 Å². The Balaban J connectivity index is 2.50. The number of nitrogens with one attached hydrogen (secondary N) is 1. The van der Waals surface area contributed by atoms with Crippen molar-refractivity contribution in [1.29, 1.82) is 0 Å². The molecule has 1 atom stereocenters. The molecular weight excluding hydrogens is 330 g/mol. The number of aryl methyl sites for hydroxylation is 1. The van der Waals surface area contributed by atoms with Crippen molar-refractivity contribution < 1.29 is 4.74 Å². The summed E-state index contributed by atoms with van der Waals surface area (Å²) < 4.78 is 8.57. The molecule has 0 saturated heterocycles. The molecule has 0 fully saturated rings. The van der Waals surface area contributed by atoms with E-state index in [9.17, 15) is 0 Å². The molecular formula is C16H22BrN3O. The second kappa shape index (κ2) is 7.61. The van der Waals surface area contributed by atoms with E-state index in [1.807, 2.05) is 29.1 Å². The second-order valence-electron chi connectivity index (χ2n) is 4.82. The summed E-state index contributed by atoms with van der Waals surface area (Å²) in [6.45, 7) is 6.03. The number of ether oxygens (including phenoxy) is 1. The van der Waals surface area contributed by atoms with Crippen LogP contribution in [-0.4, -0.2) is 23.4 Å². The maximum absolute atomic E-state index is 5.53. The Bertz CT molecular complexity index is 583. The van der Waals surface area contributed by atoms with E-state index in [1.54, 1.807) is 7.11 Å². The number of nitrogens with zero attached hydrogens (tertiary/aromatic N) is 2. The van der Waals surface area contributed by atoms with Gasteiger partial charge in [0.05, 0.1) is 29.5 Å². The van der Waals surface area contributed by atoms with Gasteiger partial charge < -0.3 is 10.1 Å². The molecule has 0 aliphatic rings. The van der Waals surface area contributed by atoms with Crippen LogP contribution in [0.25, 0.3) is 0 Å². The Hall–Kier alpha value is -1.33. The number of para-hydroxylation sites is 1. The van der Waals surface area contributed by atoms with Gasteiger partial charge in [0, 0.05) is 12.1 Å². The van der Waals surface area contributed by atoms with Gasteiger partial charge in [-0.05, 0) is 41.9 Å². The fourth-order valence-corrected chi connectivity index (χ4v) is 2.98. The molecule has 1 heterocycles. The minimum Gasteiger partial charge on any atom is -0.496 e. The minimum atomic E-state index is 0.0536. The predicted octanol–water partition coefficient (Wildman–Crippen LogP) is 3.76. The molecule has 0 radical (unpaired) electrons. The van der Waals surface area contributed by atoms with Gasteiger partial charge in [0.25, 0.3) is 0 Å². The fraction of sp³-hybridized carbons (Fsp3) is 0.438. The second-order valence-corrected chi connectivity index (χ2v) is 5.68. The van der Waals surface area contributed by atoms with Crippen LogP contribution in [0.3, 0.4) is 0 Å². The lowest BCUT2D eigenvalue weighted by Crippen LogP contribution is -2.26. The first-order valence-electron chi connectivity index (χ1n) is 7.30. The molecule has 1 aromatic heterocycles. The van der Waals surface area contributed by atoms with Gasteiger partial charge in [-0.1, -0.05) is 25.1 Å². The Morgan fingerprint density at radius 2 is 2.10 bits per heavy atom. The van der Waals surface area contributed by atoms with Gasteiger partial charge in [0.2, 0.25) is 0 Å². The molecule has 2 rings (SSSR count). The summed E-state index contributed by atoms with van der Waals surface area (Å²) in [5, 5.41) is 8.04. The Morgan fingerprint density at radius 3 is 2.76 bits per heavy atom. The van der Waals surface area contributed by atoms with Crippen molar-refractivity contribution in [3.8, 4) is 5.75 Å². The molecule has 5 heteroatoms. The third kappa shape index (κ3) is 3.47. The van der Waals surface area contributed by atoms with Gasteiger partial charge in [0.15, 0.2) is 0 Å². The third-order valence-electron chi connectivity index (χ3n) is 3.45. The summed E-state index contributed by atoms with van der Waals surface area (Å²) in [7, 11) is 1.71. The van der Waals surface area contributed by atoms with Crippen LogP contribution in [0, 0.1) is 0 Å². The normalized spacial score (nSPS) is 12.4. The zero-order valence-corrected chi connectivity index (χ0v) is 14.4. The molecule has 1 unspecified atom stereocenters. The molecule has 4 nitrogen and oxygen atoms in total. The van der Waals surface area contributed by atoms with Crippen LogP contribution >= 0.6 is 15.9 Å². The van der Waals surface area contributed by atoms with E-state index in [0.717, 1.165) is 41.0 Å². The van der Waals surface area contributed by atoms with Crippen molar-refractivity contribution in [1.82, 2.24) is 15.1 Å². The van der Waals surface area contributed by atoms with Crippen molar-refractivity contribution in [2.45, 2.75) is 32.9 Å². The van der Waals surface area contributed by atoms with Crippen molar-refractivity contribution in [3.05, 3.63) is 46.2 Å². The van der Waals surface area contributed by atoms with E-state index < -0.39 is 0 Å². The highest BCUT2D eigenvalue weighted by atomic mass is 79.9. The summed E-state index contributed by atoms with van der Waals surface area (Å²) in [6.07, 6.45) is 2.93. The molecule has 2 aromatic rings. The maximum Gasteiger partial charge on any atom is 0.124 e. The summed E-state index contributed by atoms with van der Waals surface area (Å²) in [5.41, 5.74) is 2.26. The van der Waals surface area contributed by atoms with Crippen LogP contribution in [0.1, 0.15) is 37.6 Å². The highest BCUT2D eigenvalue weighted by Crippen LogP contribution is 2.33. The maximum atomic E-state index is 5.53. The van der Waals surface area contributed by atoms with Gasteiger partial charge in [-0.15, -0.1) is 0 Å². The highest BCUT2D eigenvalue weighted by molar-refractivity contribution is 9.10. The highest BCUT2D eigenvalue weighted by Gasteiger charge is 2.23. The summed E-state index contributed by atoms with van der Waals surface area (Å²) >= 11 is 3.63.